The molecule has 0 saturated heterocycles. The number of thioether (sulfide) groups is 1. The van der Waals surface area contributed by atoms with E-state index in [1.807, 2.05) is 12.1 Å². The first kappa shape index (κ1) is 23.2. The molecule has 0 spiro atoms. The third kappa shape index (κ3) is 6.29. The van der Waals surface area contributed by atoms with E-state index in [0.717, 1.165) is 10.1 Å². The van der Waals surface area contributed by atoms with E-state index in [9.17, 15) is 13.2 Å². The zero-order chi connectivity index (χ0) is 22.3. The lowest BCUT2D eigenvalue weighted by Gasteiger charge is -2.25. The fraction of sp³-hybridized carbons (Fsp3) is 0.227. The van der Waals surface area contributed by atoms with Crippen LogP contribution in [-0.2, 0) is 20.6 Å². The van der Waals surface area contributed by atoms with Crippen molar-refractivity contribution in [1.29, 1.82) is 0 Å². The lowest BCUT2D eigenvalue weighted by molar-refractivity contribution is -0.119. The SMILES string of the molecule is Cc1ccc(Cl)cc1N(CC(=O)NCCSCc1ccco1)S(=O)(=O)c1ccccc1. The number of sulfonamides is 1. The summed E-state index contributed by atoms with van der Waals surface area (Å²) in [5.74, 6) is 1.86. The lowest BCUT2D eigenvalue weighted by atomic mass is 10.2. The first-order valence-electron chi connectivity index (χ1n) is 9.58. The zero-order valence-electron chi connectivity index (χ0n) is 17.0. The van der Waals surface area contributed by atoms with Crippen LogP contribution in [-0.4, -0.2) is 33.2 Å². The average molecular weight is 479 g/mol. The number of anilines is 1. The maximum absolute atomic E-state index is 13.3. The Morgan fingerprint density at radius 1 is 1.13 bits per heavy atom. The summed E-state index contributed by atoms with van der Waals surface area (Å²) < 4.78 is 33.0. The molecule has 0 saturated carbocycles. The van der Waals surface area contributed by atoms with E-state index in [2.05, 4.69) is 5.32 Å². The van der Waals surface area contributed by atoms with Gasteiger partial charge < -0.3 is 9.73 Å². The molecule has 0 bridgehead atoms. The number of carbonyl (C=O) groups excluding carboxylic acids is 1. The molecule has 0 atom stereocenters. The van der Waals surface area contributed by atoms with Crippen molar-refractivity contribution in [2.75, 3.05) is 23.1 Å². The van der Waals surface area contributed by atoms with E-state index in [1.165, 1.54) is 12.1 Å². The molecule has 0 aliphatic carbocycles. The van der Waals surface area contributed by atoms with Crippen molar-refractivity contribution in [3.05, 3.63) is 83.3 Å². The van der Waals surface area contributed by atoms with Crippen molar-refractivity contribution in [3.63, 3.8) is 0 Å². The number of furan rings is 1. The second-order valence-electron chi connectivity index (χ2n) is 6.74. The fourth-order valence-electron chi connectivity index (χ4n) is 2.89. The molecule has 3 aromatic rings. The molecule has 6 nitrogen and oxygen atoms in total. The first-order valence-corrected chi connectivity index (χ1v) is 12.6. The molecule has 1 heterocycles. The molecule has 1 aromatic heterocycles. The summed E-state index contributed by atoms with van der Waals surface area (Å²) >= 11 is 7.74. The minimum Gasteiger partial charge on any atom is -0.468 e. The van der Waals surface area contributed by atoms with E-state index in [4.69, 9.17) is 16.0 Å². The second-order valence-corrected chi connectivity index (χ2v) is 10.1. The predicted molar refractivity (Wildman–Crippen MR) is 125 cm³/mol. The highest BCUT2D eigenvalue weighted by molar-refractivity contribution is 7.98. The van der Waals surface area contributed by atoms with Gasteiger partial charge in [-0.3, -0.25) is 9.10 Å². The van der Waals surface area contributed by atoms with Crippen LogP contribution in [0, 0.1) is 6.92 Å². The van der Waals surface area contributed by atoms with Crippen molar-refractivity contribution in [2.24, 2.45) is 0 Å². The minimum atomic E-state index is -3.96. The van der Waals surface area contributed by atoms with Gasteiger partial charge in [-0.25, -0.2) is 8.42 Å². The molecule has 0 unspecified atom stereocenters. The van der Waals surface area contributed by atoms with E-state index in [-0.39, 0.29) is 11.4 Å². The number of amides is 1. The van der Waals surface area contributed by atoms with Gasteiger partial charge in [-0.15, -0.1) is 0 Å². The first-order chi connectivity index (χ1) is 14.9. The van der Waals surface area contributed by atoms with Crippen molar-refractivity contribution < 1.29 is 17.6 Å². The van der Waals surface area contributed by atoms with Crippen LogP contribution in [0.5, 0.6) is 0 Å². The largest absolute Gasteiger partial charge is 0.468 e. The van der Waals surface area contributed by atoms with Crippen LogP contribution in [0.2, 0.25) is 5.02 Å². The number of hydrogen-bond acceptors (Lipinski definition) is 5. The van der Waals surface area contributed by atoms with Gasteiger partial charge in [0.15, 0.2) is 0 Å². The highest BCUT2D eigenvalue weighted by Gasteiger charge is 2.28. The molecule has 31 heavy (non-hydrogen) atoms. The van der Waals surface area contributed by atoms with Gasteiger partial charge >= 0.3 is 0 Å². The Balaban J connectivity index is 1.71. The molecule has 0 radical (unpaired) electrons. The van der Waals surface area contributed by atoms with E-state index < -0.39 is 15.9 Å². The van der Waals surface area contributed by atoms with Crippen LogP contribution >= 0.6 is 23.4 Å². The maximum atomic E-state index is 13.3. The molecule has 0 aliphatic heterocycles. The van der Waals surface area contributed by atoms with E-state index in [1.54, 1.807) is 61.3 Å². The summed E-state index contributed by atoms with van der Waals surface area (Å²) in [7, 11) is -3.96. The summed E-state index contributed by atoms with van der Waals surface area (Å²) in [6.45, 7) is 1.85. The van der Waals surface area contributed by atoms with Crippen LogP contribution in [0.25, 0.3) is 0 Å². The average Bonchev–Trinajstić information content (AvgIpc) is 3.28. The molecule has 9 heteroatoms. The quantitative estimate of drug-likeness (QED) is 0.434. The normalized spacial score (nSPS) is 11.3. The fourth-order valence-corrected chi connectivity index (χ4v) is 5.31. The number of rotatable bonds is 10. The van der Waals surface area contributed by atoms with Crippen molar-refractivity contribution in [2.45, 2.75) is 17.6 Å². The van der Waals surface area contributed by atoms with Gasteiger partial charge in [-0.05, 0) is 48.9 Å². The second kappa shape index (κ2) is 10.7. The Labute approximate surface area is 191 Å². The minimum absolute atomic E-state index is 0.108. The van der Waals surface area contributed by atoms with Crippen molar-refractivity contribution in [1.82, 2.24) is 5.32 Å². The Hall–Kier alpha value is -2.42. The molecule has 3 rings (SSSR count). The number of nitrogens with one attached hydrogen (secondary N) is 1. The van der Waals surface area contributed by atoms with Gasteiger partial charge in [-0.1, -0.05) is 35.9 Å². The number of nitrogens with zero attached hydrogens (tertiary/aromatic N) is 1. The molecular formula is C22H23ClN2O4S2. The van der Waals surface area contributed by atoms with Crippen LogP contribution < -0.4 is 9.62 Å². The molecule has 0 aliphatic rings. The van der Waals surface area contributed by atoms with Gasteiger partial charge in [0.2, 0.25) is 5.91 Å². The Morgan fingerprint density at radius 2 is 1.90 bits per heavy atom. The molecule has 2 aromatic carbocycles. The standard InChI is InChI=1S/C22H23ClN2O4S2/c1-17-9-10-18(23)14-21(17)25(31(27,28)20-7-3-2-4-8-20)15-22(26)24-11-13-30-16-19-6-5-12-29-19/h2-10,12,14H,11,13,15-16H2,1H3,(H,24,26). The van der Waals surface area contributed by atoms with Crippen molar-refractivity contribution in [3.8, 4) is 0 Å². The van der Waals surface area contributed by atoms with Crippen molar-refractivity contribution >= 4 is 45.0 Å². The monoisotopic (exact) mass is 478 g/mol. The number of carbonyl (C=O) groups is 1. The zero-order valence-corrected chi connectivity index (χ0v) is 19.3. The van der Waals surface area contributed by atoms with Crippen LogP contribution in [0.3, 0.4) is 0 Å². The highest BCUT2D eigenvalue weighted by Crippen LogP contribution is 2.29. The Bertz CT molecular complexity index is 1100. The maximum Gasteiger partial charge on any atom is 0.264 e. The summed E-state index contributed by atoms with van der Waals surface area (Å²) in [6, 6.07) is 16.7. The molecule has 1 amide bonds. The number of aryl methyl sites for hydroxylation is 1. The highest BCUT2D eigenvalue weighted by atomic mass is 35.5. The third-order valence-electron chi connectivity index (χ3n) is 4.45. The van der Waals surface area contributed by atoms with E-state index in [0.29, 0.717) is 34.3 Å². The number of hydrogen-bond donors (Lipinski definition) is 1. The van der Waals surface area contributed by atoms with Gasteiger partial charge in [0.1, 0.15) is 12.3 Å². The topological polar surface area (TPSA) is 79.6 Å². The predicted octanol–water partition coefficient (Wildman–Crippen LogP) is 4.49. The smallest absolute Gasteiger partial charge is 0.264 e. The van der Waals surface area contributed by atoms with E-state index >= 15 is 0 Å². The molecule has 164 valence electrons. The van der Waals surface area contributed by atoms with Crippen LogP contribution in [0.4, 0.5) is 5.69 Å². The molecule has 1 N–H and O–H groups in total. The lowest BCUT2D eigenvalue weighted by Crippen LogP contribution is -2.41. The van der Waals surface area contributed by atoms with Gasteiger partial charge in [0.25, 0.3) is 10.0 Å². The number of halogens is 1. The van der Waals surface area contributed by atoms with Crippen LogP contribution in [0.1, 0.15) is 11.3 Å². The van der Waals surface area contributed by atoms with Gasteiger partial charge in [0.05, 0.1) is 22.6 Å². The third-order valence-corrected chi connectivity index (χ3v) is 7.44. The van der Waals surface area contributed by atoms with Crippen LogP contribution in [0.15, 0.2) is 76.2 Å². The molecular weight excluding hydrogens is 456 g/mol. The summed E-state index contributed by atoms with van der Waals surface area (Å²) in [5.41, 5.74) is 1.07. The summed E-state index contributed by atoms with van der Waals surface area (Å²) in [4.78, 5) is 12.7. The Kier molecular flexibility index (Phi) is 8.06. The summed E-state index contributed by atoms with van der Waals surface area (Å²) in [6.07, 6.45) is 1.62. The van der Waals surface area contributed by atoms with Gasteiger partial charge in [-0.2, -0.15) is 11.8 Å². The number of benzene rings is 2. The summed E-state index contributed by atoms with van der Waals surface area (Å²) in [5, 5.41) is 3.18. The Morgan fingerprint density at radius 3 is 2.61 bits per heavy atom. The molecule has 0 fully saturated rings. The van der Waals surface area contributed by atoms with Gasteiger partial charge in [0, 0.05) is 17.3 Å².